The van der Waals surface area contributed by atoms with E-state index in [1.54, 1.807) is 0 Å². The zero-order valence-corrected chi connectivity index (χ0v) is 14.2. The lowest BCUT2D eigenvalue weighted by atomic mass is 9.61. The molecule has 3 rings (SSSR count). The molecule has 0 spiro atoms. The van der Waals surface area contributed by atoms with Crippen LogP contribution >= 0.6 is 0 Å². The van der Waals surface area contributed by atoms with Gasteiger partial charge in [-0.1, -0.05) is 44.2 Å². The normalized spacial score (nSPS) is 35.2. The van der Waals surface area contributed by atoms with Gasteiger partial charge in [0.25, 0.3) is 0 Å². The summed E-state index contributed by atoms with van der Waals surface area (Å²) in [6, 6.07) is 11.0. The Bertz CT molecular complexity index is 563. The molecule has 2 aliphatic rings. The number of aliphatic carboxylic acids is 1. The molecule has 0 bridgehead atoms. The molecule has 23 heavy (non-hydrogen) atoms. The van der Waals surface area contributed by atoms with E-state index in [-0.39, 0.29) is 11.5 Å². The van der Waals surface area contributed by atoms with Crippen LogP contribution in [-0.2, 0) is 16.1 Å². The molecule has 0 aromatic heterocycles. The number of rotatable bonds is 6. The summed E-state index contributed by atoms with van der Waals surface area (Å²) in [5.74, 6) is -0.674. The van der Waals surface area contributed by atoms with E-state index in [9.17, 15) is 9.90 Å². The number of carboxylic acid groups (broad SMARTS) is 1. The van der Waals surface area contributed by atoms with Crippen LogP contribution in [0.5, 0.6) is 0 Å². The monoisotopic (exact) mass is 317 g/mol. The largest absolute Gasteiger partial charge is 0.481 e. The second-order valence-corrected chi connectivity index (χ2v) is 8.03. The van der Waals surface area contributed by atoms with Gasteiger partial charge in [0.2, 0.25) is 0 Å². The Balaban J connectivity index is 1.45. The van der Waals surface area contributed by atoms with Crippen LogP contribution in [0.3, 0.4) is 0 Å². The second kappa shape index (κ2) is 5.91. The smallest absolute Gasteiger partial charge is 0.309 e. The van der Waals surface area contributed by atoms with Gasteiger partial charge >= 0.3 is 5.97 Å². The van der Waals surface area contributed by atoms with Crippen LogP contribution in [0.4, 0.5) is 0 Å². The maximum absolute atomic E-state index is 11.2. The van der Waals surface area contributed by atoms with Gasteiger partial charge in [0.05, 0.1) is 18.1 Å². The van der Waals surface area contributed by atoms with Crippen LogP contribution < -0.4 is 5.32 Å². The van der Waals surface area contributed by atoms with Crippen molar-refractivity contribution in [1.82, 2.24) is 5.32 Å². The molecule has 0 radical (unpaired) electrons. The van der Waals surface area contributed by atoms with E-state index in [2.05, 4.69) is 31.3 Å². The zero-order valence-electron chi connectivity index (χ0n) is 14.2. The Morgan fingerprint density at radius 1 is 1.26 bits per heavy atom. The number of carboxylic acids is 1. The average molecular weight is 317 g/mol. The van der Waals surface area contributed by atoms with Gasteiger partial charge in [0.1, 0.15) is 0 Å². The summed E-state index contributed by atoms with van der Waals surface area (Å²) in [6.07, 6.45) is 2.71. The average Bonchev–Trinajstić information content (AvgIpc) is 2.48. The van der Waals surface area contributed by atoms with Crippen molar-refractivity contribution in [3.8, 4) is 0 Å². The maximum atomic E-state index is 11.2. The zero-order chi connectivity index (χ0) is 16.7. The fraction of sp³-hybridized carbons (Fsp3) is 0.632. The van der Waals surface area contributed by atoms with Crippen LogP contribution in [0.15, 0.2) is 30.3 Å². The summed E-state index contributed by atoms with van der Waals surface area (Å²) in [5, 5.41) is 12.8. The van der Waals surface area contributed by atoms with Crippen molar-refractivity contribution < 1.29 is 14.6 Å². The molecule has 2 saturated carbocycles. The predicted octanol–water partition coefficient (Wildman–Crippen LogP) is 3.21. The minimum absolute atomic E-state index is 0.0873. The molecule has 2 N–H and O–H groups in total. The third kappa shape index (κ3) is 3.15. The molecule has 2 fully saturated rings. The van der Waals surface area contributed by atoms with Gasteiger partial charge in [-0.15, -0.1) is 0 Å². The van der Waals surface area contributed by atoms with Crippen LogP contribution in [0, 0.1) is 10.8 Å². The van der Waals surface area contributed by atoms with Gasteiger partial charge in [-0.3, -0.25) is 4.79 Å². The van der Waals surface area contributed by atoms with Crippen LogP contribution in [0.2, 0.25) is 0 Å². The van der Waals surface area contributed by atoms with E-state index in [0.717, 1.165) is 19.3 Å². The molecule has 0 amide bonds. The molecule has 2 unspecified atom stereocenters. The van der Waals surface area contributed by atoms with Crippen molar-refractivity contribution in [3.63, 3.8) is 0 Å². The first kappa shape index (κ1) is 16.5. The number of hydrogen-bond acceptors (Lipinski definition) is 3. The molecule has 0 heterocycles. The highest BCUT2D eigenvalue weighted by Gasteiger charge is 2.53. The highest BCUT2D eigenvalue weighted by atomic mass is 16.5. The lowest BCUT2D eigenvalue weighted by Crippen LogP contribution is -2.65. The minimum atomic E-state index is -0.674. The molecule has 0 aliphatic heterocycles. The molecule has 1 aromatic carbocycles. The third-order valence-electron chi connectivity index (χ3n) is 5.82. The molecular weight excluding hydrogens is 290 g/mol. The van der Waals surface area contributed by atoms with E-state index in [0.29, 0.717) is 18.7 Å². The predicted molar refractivity (Wildman–Crippen MR) is 89.1 cm³/mol. The van der Waals surface area contributed by atoms with Gasteiger partial charge in [-0.05, 0) is 31.7 Å². The number of hydrogen-bond donors (Lipinski definition) is 2. The van der Waals surface area contributed by atoms with Gasteiger partial charge in [0, 0.05) is 17.5 Å². The maximum Gasteiger partial charge on any atom is 0.309 e. The lowest BCUT2D eigenvalue weighted by molar-refractivity contribution is -0.158. The minimum Gasteiger partial charge on any atom is -0.481 e. The molecule has 1 aromatic rings. The summed E-state index contributed by atoms with van der Waals surface area (Å²) in [7, 11) is 0. The van der Waals surface area contributed by atoms with E-state index in [4.69, 9.17) is 4.74 Å². The molecule has 0 saturated heterocycles. The van der Waals surface area contributed by atoms with E-state index in [1.807, 2.05) is 25.1 Å². The molecular formula is C19H27NO3. The Kier molecular flexibility index (Phi) is 4.23. The van der Waals surface area contributed by atoms with E-state index in [1.165, 1.54) is 5.56 Å². The highest BCUT2D eigenvalue weighted by molar-refractivity contribution is 5.75. The van der Waals surface area contributed by atoms with Crippen molar-refractivity contribution >= 4 is 5.97 Å². The third-order valence-corrected chi connectivity index (χ3v) is 5.82. The van der Waals surface area contributed by atoms with E-state index < -0.39 is 11.4 Å². The van der Waals surface area contributed by atoms with E-state index >= 15 is 0 Å². The van der Waals surface area contributed by atoms with Gasteiger partial charge in [-0.25, -0.2) is 0 Å². The fourth-order valence-electron chi connectivity index (χ4n) is 3.83. The first-order valence-electron chi connectivity index (χ1n) is 8.46. The van der Waals surface area contributed by atoms with Crippen LogP contribution in [-0.4, -0.2) is 29.3 Å². The molecule has 4 heteroatoms. The molecule has 2 aliphatic carbocycles. The van der Waals surface area contributed by atoms with Crippen LogP contribution in [0.25, 0.3) is 0 Å². The summed E-state index contributed by atoms with van der Waals surface area (Å²) in [6.45, 7) is 6.96. The number of ether oxygens (including phenoxy) is 1. The first-order chi connectivity index (χ1) is 10.8. The second-order valence-electron chi connectivity index (χ2n) is 8.03. The fourth-order valence-corrected chi connectivity index (χ4v) is 3.83. The Hall–Kier alpha value is -1.39. The Morgan fingerprint density at radius 3 is 2.48 bits per heavy atom. The van der Waals surface area contributed by atoms with Gasteiger partial charge < -0.3 is 15.2 Å². The van der Waals surface area contributed by atoms with Gasteiger partial charge in [0.15, 0.2) is 0 Å². The number of nitrogens with one attached hydrogen (secondary N) is 1. The highest BCUT2D eigenvalue weighted by Crippen LogP contribution is 2.47. The first-order valence-corrected chi connectivity index (χ1v) is 8.46. The van der Waals surface area contributed by atoms with Crippen molar-refractivity contribution in [1.29, 1.82) is 0 Å². The summed E-state index contributed by atoms with van der Waals surface area (Å²) in [4.78, 5) is 11.2. The number of carbonyl (C=O) groups is 1. The Labute approximate surface area is 138 Å². The molecule has 126 valence electrons. The quantitative estimate of drug-likeness (QED) is 0.846. The topological polar surface area (TPSA) is 58.6 Å². The van der Waals surface area contributed by atoms with Crippen molar-refractivity contribution in [2.45, 2.75) is 64.8 Å². The SMILES string of the molecule is CC1(C(=O)O)CC(NC2CC(OCc3ccccc3)C2(C)C)C1. The van der Waals surface area contributed by atoms with Crippen LogP contribution in [0.1, 0.15) is 45.6 Å². The van der Waals surface area contributed by atoms with Crippen molar-refractivity contribution in [2.24, 2.45) is 10.8 Å². The lowest BCUT2D eigenvalue weighted by Gasteiger charge is -2.55. The molecule has 4 nitrogen and oxygen atoms in total. The summed E-state index contributed by atoms with van der Waals surface area (Å²) in [5.41, 5.74) is 0.759. The summed E-state index contributed by atoms with van der Waals surface area (Å²) < 4.78 is 6.09. The summed E-state index contributed by atoms with van der Waals surface area (Å²) >= 11 is 0. The standard InChI is InChI=1S/C19H27NO3/c1-18(2)15(20-14-10-19(3,11-14)17(21)22)9-16(18)23-12-13-7-5-4-6-8-13/h4-8,14-16,20H,9-12H2,1-3H3,(H,21,22). The van der Waals surface area contributed by atoms with Crippen molar-refractivity contribution in [3.05, 3.63) is 35.9 Å². The Morgan fingerprint density at radius 2 is 1.91 bits per heavy atom. The van der Waals surface area contributed by atoms with Crippen molar-refractivity contribution in [2.75, 3.05) is 0 Å². The molecule has 2 atom stereocenters. The van der Waals surface area contributed by atoms with Gasteiger partial charge in [-0.2, -0.15) is 0 Å². The number of benzene rings is 1.